The lowest BCUT2D eigenvalue weighted by atomic mass is 10.1. The van der Waals surface area contributed by atoms with Gasteiger partial charge in [-0.2, -0.15) is 4.98 Å². The Hall–Kier alpha value is -1.89. The van der Waals surface area contributed by atoms with Crippen molar-refractivity contribution < 1.29 is 9.66 Å². The summed E-state index contributed by atoms with van der Waals surface area (Å²) in [5.74, 6) is 0.777. The number of hydrogen-bond donors (Lipinski definition) is 2. The maximum absolute atomic E-state index is 10.9. The lowest BCUT2D eigenvalue weighted by Crippen LogP contribution is -2.34. The molecular formula is C11H18N4O3. The molecule has 7 heteroatoms. The van der Waals surface area contributed by atoms with Gasteiger partial charge in [0.1, 0.15) is 0 Å². The molecule has 0 fully saturated rings. The molecule has 0 radical (unpaired) electrons. The van der Waals surface area contributed by atoms with E-state index in [1.165, 1.54) is 19.2 Å². The highest BCUT2D eigenvalue weighted by Gasteiger charge is 2.17. The van der Waals surface area contributed by atoms with Crippen molar-refractivity contribution in [1.82, 2.24) is 4.98 Å². The van der Waals surface area contributed by atoms with Crippen molar-refractivity contribution in [3.8, 4) is 5.88 Å². The summed E-state index contributed by atoms with van der Waals surface area (Å²) in [6.45, 7) is 4.39. The molecule has 18 heavy (non-hydrogen) atoms. The van der Waals surface area contributed by atoms with Gasteiger partial charge in [0.25, 0.3) is 0 Å². The van der Waals surface area contributed by atoms with Crippen LogP contribution in [0, 0.1) is 16.0 Å². The maximum atomic E-state index is 10.9. The minimum Gasteiger partial charge on any atom is -0.481 e. The smallest absolute Gasteiger partial charge is 0.311 e. The standard InChI is InChI=1S/C11H18N4O3/c1-7(2)8(12)6-13-11-9(15(16)17)4-5-10(14-11)18-3/h4-5,7-8H,6,12H2,1-3H3,(H,13,14). The minimum atomic E-state index is -0.490. The molecule has 7 nitrogen and oxygen atoms in total. The Morgan fingerprint density at radius 3 is 2.72 bits per heavy atom. The van der Waals surface area contributed by atoms with Crippen molar-refractivity contribution >= 4 is 11.5 Å². The molecular weight excluding hydrogens is 236 g/mol. The zero-order chi connectivity index (χ0) is 13.7. The fraction of sp³-hybridized carbons (Fsp3) is 0.545. The van der Waals surface area contributed by atoms with Crippen LogP contribution in [0.25, 0.3) is 0 Å². The summed E-state index contributed by atoms with van der Waals surface area (Å²) >= 11 is 0. The van der Waals surface area contributed by atoms with Crippen LogP contribution in [0.1, 0.15) is 13.8 Å². The summed E-state index contributed by atoms with van der Waals surface area (Å²) in [5, 5.41) is 13.7. The average molecular weight is 254 g/mol. The van der Waals surface area contributed by atoms with Crippen molar-refractivity contribution in [3.63, 3.8) is 0 Å². The van der Waals surface area contributed by atoms with E-state index in [0.29, 0.717) is 12.4 Å². The van der Waals surface area contributed by atoms with Gasteiger partial charge in [-0.1, -0.05) is 13.8 Å². The summed E-state index contributed by atoms with van der Waals surface area (Å²) in [4.78, 5) is 14.4. The molecule has 0 aliphatic carbocycles. The van der Waals surface area contributed by atoms with Crippen LogP contribution in [0.3, 0.4) is 0 Å². The van der Waals surface area contributed by atoms with Gasteiger partial charge in [-0.3, -0.25) is 10.1 Å². The van der Waals surface area contributed by atoms with Crippen LogP contribution in [0.5, 0.6) is 5.88 Å². The Balaban J connectivity index is 2.87. The second-order valence-corrected chi connectivity index (χ2v) is 4.27. The number of ether oxygens (including phenoxy) is 1. The fourth-order valence-corrected chi connectivity index (χ4v) is 1.28. The lowest BCUT2D eigenvalue weighted by molar-refractivity contribution is -0.384. The first kappa shape index (κ1) is 14.2. The third-order valence-electron chi connectivity index (χ3n) is 2.62. The number of nitrogens with one attached hydrogen (secondary N) is 1. The highest BCUT2D eigenvalue weighted by Crippen LogP contribution is 2.24. The second kappa shape index (κ2) is 6.15. The Kier molecular flexibility index (Phi) is 4.85. The lowest BCUT2D eigenvalue weighted by Gasteiger charge is -2.16. The maximum Gasteiger partial charge on any atom is 0.311 e. The SMILES string of the molecule is COc1ccc([N+](=O)[O-])c(NCC(N)C(C)C)n1. The molecule has 0 amide bonds. The van der Waals surface area contributed by atoms with Crippen molar-refractivity contribution in [2.45, 2.75) is 19.9 Å². The van der Waals surface area contributed by atoms with Crippen molar-refractivity contribution in [2.24, 2.45) is 11.7 Å². The molecule has 0 saturated heterocycles. The van der Waals surface area contributed by atoms with Crippen LogP contribution in [0.4, 0.5) is 11.5 Å². The molecule has 0 aliphatic rings. The fourth-order valence-electron chi connectivity index (χ4n) is 1.28. The molecule has 0 spiro atoms. The third-order valence-corrected chi connectivity index (χ3v) is 2.62. The number of aromatic nitrogens is 1. The minimum absolute atomic E-state index is 0.0910. The number of nitrogens with two attached hydrogens (primary N) is 1. The van der Waals surface area contributed by atoms with E-state index < -0.39 is 4.92 Å². The van der Waals surface area contributed by atoms with Crippen LogP contribution in [-0.2, 0) is 0 Å². The average Bonchev–Trinajstić information content (AvgIpc) is 2.34. The van der Waals surface area contributed by atoms with Gasteiger partial charge in [-0.25, -0.2) is 0 Å². The highest BCUT2D eigenvalue weighted by atomic mass is 16.6. The highest BCUT2D eigenvalue weighted by molar-refractivity contribution is 5.57. The van der Waals surface area contributed by atoms with E-state index in [4.69, 9.17) is 10.5 Å². The molecule has 3 N–H and O–H groups in total. The molecule has 1 unspecified atom stereocenters. The summed E-state index contributed by atoms with van der Waals surface area (Å²) < 4.78 is 4.94. The molecule has 100 valence electrons. The van der Waals surface area contributed by atoms with Gasteiger partial charge in [0, 0.05) is 24.7 Å². The van der Waals surface area contributed by atoms with E-state index >= 15 is 0 Å². The summed E-state index contributed by atoms with van der Waals surface area (Å²) in [5.41, 5.74) is 5.78. The first-order chi connectivity index (χ1) is 8.45. The number of methoxy groups -OCH3 is 1. The second-order valence-electron chi connectivity index (χ2n) is 4.27. The normalized spacial score (nSPS) is 12.3. The zero-order valence-electron chi connectivity index (χ0n) is 10.7. The predicted octanol–water partition coefficient (Wildman–Crippen LogP) is 1.39. The number of nitro groups is 1. The van der Waals surface area contributed by atoms with E-state index in [1.807, 2.05) is 13.8 Å². The van der Waals surface area contributed by atoms with Gasteiger partial charge in [-0.15, -0.1) is 0 Å². The zero-order valence-corrected chi connectivity index (χ0v) is 10.7. The molecule has 0 aliphatic heterocycles. The van der Waals surface area contributed by atoms with Crippen LogP contribution >= 0.6 is 0 Å². The van der Waals surface area contributed by atoms with Gasteiger partial charge >= 0.3 is 5.69 Å². The van der Waals surface area contributed by atoms with Gasteiger partial charge in [0.05, 0.1) is 12.0 Å². The third kappa shape index (κ3) is 3.56. The number of pyridine rings is 1. The Bertz CT molecular complexity index is 423. The van der Waals surface area contributed by atoms with Crippen molar-refractivity contribution in [3.05, 3.63) is 22.2 Å². The Morgan fingerprint density at radius 2 is 2.22 bits per heavy atom. The van der Waals surface area contributed by atoms with Crippen LogP contribution < -0.4 is 15.8 Å². The Labute approximate surface area is 105 Å². The topological polar surface area (TPSA) is 103 Å². The summed E-state index contributed by atoms with van der Waals surface area (Å²) in [6.07, 6.45) is 0. The number of nitrogens with zero attached hydrogens (tertiary/aromatic N) is 2. The van der Waals surface area contributed by atoms with E-state index in [-0.39, 0.29) is 23.5 Å². The molecule has 1 aromatic heterocycles. The van der Waals surface area contributed by atoms with Crippen LogP contribution in [-0.4, -0.2) is 29.6 Å². The van der Waals surface area contributed by atoms with Gasteiger partial charge in [0.15, 0.2) is 0 Å². The van der Waals surface area contributed by atoms with E-state index in [9.17, 15) is 10.1 Å². The molecule has 0 bridgehead atoms. The summed E-state index contributed by atoms with van der Waals surface area (Å²) in [6, 6.07) is 2.71. The molecule has 0 aromatic carbocycles. The van der Waals surface area contributed by atoms with Crippen LogP contribution in [0.2, 0.25) is 0 Å². The molecule has 1 aromatic rings. The van der Waals surface area contributed by atoms with Gasteiger partial charge < -0.3 is 15.8 Å². The monoisotopic (exact) mass is 254 g/mol. The molecule has 1 heterocycles. The Morgan fingerprint density at radius 1 is 1.56 bits per heavy atom. The number of anilines is 1. The van der Waals surface area contributed by atoms with E-state index in [1.54, 1.807) is 0 Å². The molecule has 1 atom stereocenters. The van der Waals surface area contributed by atoms with Crippen molar-refractivity contribution in [1.29, 1.82) is 0 Å². The first-order valence-corrected chi connectivity index (χ1v) is 5.64. The van der Waals surface area contributed by atoms with Crippen LogP contribution in [0.15, 0.2) is 12.1 Å². The van der Waals surface area contributed by atoms with E-state index in [2.05, 4.69) is 10.3 Å². The number of hydrogen-bond acceptors (Lipinski definition) is 6. The first-order valence-electron chi connectivity index (χ1n) is 5.64. The van der Waals surface area contributed by atoms with Crippen molar-refractivity contribution in [2.75, 3.05) is 19.0 Å². The quantitative estimate of drug-likeness (QED) is 0.587. The number of rotatable bonds is 6. The summed E-state index contributed by atoms with van der Waals surface area (Å²) in [7, 11) is 1.46. The predicted molar refractivity (Wildman–Crippen MR) is 68.7 cm³/mol. The van der Waals surface area contributed by atoms with Gasteiger partial charge in [0.2, 0.25) is 11.7 Å². The van der Waals surface area contributed by atoms with Gasteiger partial charge in [-0.05, 0) is 5.92 Å². The molecule has 0 saturated carbocycles. The molecule has 1 rings (SSSR count). The largest absolute Gasteiger partial charge is 0.481 e. The van der Waals surface area contributed by atoms with E-state index in [0.717, 1.165) is 0 Å².